The van der Waals surface area contributed by atoms with Crippen LogP contribution in [0.1, 0.15) is 113 Å². The van der Waals surface area contributed by atoms with Crippen LogP contribution in [0.3, 0.4) is 0 Å². The number of fused-ring (bicyclic) bond motifs is 7. The first-order valence-corrected chi connectivity index (χ1v) is 14.4. The molecule has 0 aliphatic heterocycles. The van der Waals surface area contributed by atoms with Crippen LogP contribution in [0, 0.1) is 56.2 Å². The summed E-state index contributed by atoms with van der Waals surface area (Å²) in [6.07, 6.45) is 9.20. The summed E-state index contributed by atoms with van der Waals surface area (Å²) in [6, 6.07) is 0. The molecule has 0 amide bonds. The molecule has 0 bridgehead atoms. The third-order valence-corrected chi connectivity index (χ3v) is 13.8. The molecule has 5 aliphatic rings. The van der Waals surface area contributed by atoms with Crippen molar-refractivity contribution in [1.82, 2.24) is 0 Å². The van der Waals surface area contributed by atoms with Gasteiger partial charge in [0.2, 0.25) is 5.78 Å². The molecule has 0 radical (unpaired) electrons. The quantitative estimate of drug-likeness (QED) is 0.373. The molecule has 0 spiro atoms. The van der Waals surface area contributed by atoms with Crippen LogP contribution >= 0.6 is 0 Å². The highest BCUT2D eigenvalue weighted by Gasteiger charge is 2.72. The monoisotopic (exact) mass is 486 g/mol. The van der Waals surface area contributed by atoms with Crippen LogP contribution in [-0.2, 0) is 9.59 Å². The first-order valence-electron chi connectivity index (χ1n) is 14.4. The summed E-state index contributed by atoms with van der Waals surface area (Å²) in [6.45, 7) is 16.5. The first kappa shape index (κ1) is 25.9. The second kappa shape index (κ2) is 7.65. The lowest BCUT2D eigenvalue weighted by molar-refractivity contribution is -0.276. The Kier molecular flexibility index (Phi) is 5.66. The van der Waals surface area contributed by atoms with Crippen molar-refractivity contribution in [2.24, 2.45) is 56.2 Å². The molecule has 2 unspecified atom stereocenters. The van der Waals surface area contributed by atoms with Gasteiger partial charge in [0.1, 0.15) is 0 Å². The lowest BCUT2D eigenvalue weighted by Gasteiger charge is -2.74. The van der Waals surface area contributed by atoms with E-state index in [0.29, 0.717) is 18.1 Å². The topological polar surface area (TPSA) is 74.6 Å². The minimum Gasteiger partial charge on any atom is -0.393 e. The standard InChI is InChI=1S/C31H50O4/c1-26(2)12-14-31(24(35)18-32)15-13-30(7)25(19(31)17-26)20(33)16-22-28(5)10-9-23(34)27(3,4)21(28)8-11-29(22,30)6/h18-23,25,33-34H,8-17H2,1-7H3/t19?,20-,21+,22-,23+,25?,28+,29-,30-,31+/m1/s1. The van der Waals surface area contributed by atoms with Crippen molar-refractivity contribution in [3.63, 3.8) is 0 Å². The maximum absolute atomic E-state index is 13.2. The summed E-state index contributed by atoms with van der Waals surface area (Å²) in [4.78, 5) is 25.1. The number of rotatable bonds is 2. The van der Waals surface area contributed by atoms with Crippen molar-refractivity contribution in [1.29, 1.82) is 0 Å². The molecule has 0 aromatic rings. The number of hydrogen-bond donors (Lipinski definition) is 2. The molecule has 2 N–H and O–H groups in total. The van der Waals surface area contributed by atoms with Gasteiger partial charge in [0.15, 0.2) is 6.29 Å². The lowest BCUT2D eigenvalue weighted by atomic mass is 9.31. The second-order valence-corrected chi connectivity index (χ2v) is 15.8. The van der Waals surface area contributed by atoms with E-state index in [-0.39, 0.29) is 50.8 Å². The minimum absolute atomic E-state index is 0.0586. The summed E-state index contributed by atoms with van der Waals surface area (Å²) in [5.41, 5.74) is -0.442. The molecule has 35 heavy (non-hydrogen) atoms. The van der Waals surface area contributed by atoms with E-state index in [2.05, 4.69) is 48.5 Å². The van der Waals surface area contributed by atoms with E-state index >= 15 is 0 Å². The molecule has 5 rings (SSSR count). The Morgan fingerprint density at radius 2 is 1.46 bits per heavy atom. The zero-order valence-electron chi connectivity index (χ0n) is 23.3. The fourth-order valence-corrected chi connectivity index (χ4v) is 11.6. The van der Waals surface area contributed by atoms with Gasteiger partial charge in [0.05, 0.1) is 12.2 Å². The first-order chi connectivity index (χ1) is 16.1. The number of carbonyl (C=O) groups is 2. The highest BCUT2D eigenvalue weighted by Crippen LogP contribution is 2.77. The fraction of sp³-hybridized carbons (Fsp3) is 0.935. The van der Waals surface area contributed by atoms with E-state index in [0.717, 1.165) is 64.2 Å². The molecule has 10 atom stereocenters. The lowest BCUT2D eigenvalue weighted by Crippen LogP contribution is -2.70. The Hall–Kier alpha value is -0.740. The number of ketones is 1. The summed E-state index contributed by atoms with van der Waals surface area (Å²) in [7, 11) is 0. The average molecular weight is 487 g/mol. The van der Waals surface area contributed by atoms with Crippen LogP contribution in [0.25, 0.3) is 0 Å². The molecule has 4 heteroatoms. The second-order valence-electron chi connectivity index (χ2n) is 15.8. The van der Waals surface area contributed by atoms with Gasteiger partial charge in [0.25, 0.3) is 0 Å². The van der Waals surface area contributed by atoms with Crippen molar-refractivity contribution in [2.45, 2.75) is 125 Å². The number of carbonyl (C=O) groups excluding carboxylic acids is 2. The van der Waals surface area contributed by atoms with Gasteiger partial charge in [-0.1, -0.05) is 48.5 Å². The van der Waals surface area contributed by atoms with E-state index < -0.39 is 11.5 Å². The molecule has 5 saturated carbocycles. The van der Waals surface area contributed by atoms with Gasteiger partial charge >= 0.3 is 0 Å². The third-order valence-electron chi connectivity index (χ3n) is 13.8. The van der Waals surface area contributed by atoms with Crippen molar-refractivity contribution >= 4 is 12.1 Å². The van der Waals surface area contributed by atoms with Crippen molar-refractivity contribution in [2.75, 3.05) is 0 Å². The molecule has 5 fully saturated rings. The normalized spacial score (nSPS) is 54.4. The van der Waals surface area contributed by atoms with Crippen LogP contribution in [-0.4, -0.2) is 34.5 Å². The zero-order chi connectivity index (χ0) is 25.8. The number of aliphatic hydroxyl groups is 2. The fourth-order valence-electron chi connectivity index (χ4n) is 11.6. The zero-order valence-corrected chi connectivity index (χ0v) is 23.3. The maximum atomic E-state index is 13.2. The number of Topliss-reactive ketones (excluding diaryl/α,β-unsaturated/α-hetero) is 1. The maximum Gasteiger partial charge on any atom is 0.201 e. The van der Waals surface area contributed by atoms with Gasteiger partial charge in [-0.3, -0.25) is 9.59 Å². The van der Waals surface area contributed by atoms with Gasteiger partial charge in [-0.2, -0.15) is 0 Å². The Bertz CT molecular complexity index is 908. The van der Waals surface area contributed by atoms with Gasteiger partial charge < -0.3 is 10.2 Å². The van der Waals surface area contributed by atoms with Crippen LogP contribution in [0.4, 0.5) is 0 Å². The van der Waals surface area contributed by atoms with Crippen LogP contribution < -0.4 is 0 Å². The van der Waals surface area contributed by atoms with Crippen molar-refractivity contribution < 1.29 is 19.8 Å². The van der Waals surface area contributed by atoms with Crippen molar-refractivity contribution in [3.05, 3.63) is 0 Å². The van der Waals surface area contributed by atoms with Crippen LogP contribution in [0.15, 0.2) is 0 Å². The predicted octanol–water partition coefficient (Wildman–Crippen LogP) is 5.97. The Balaban J connectivity index is 1.59. The Labute approximate surface area is 213 Å². The van der Waals surface area contributed by atoms with Gasteiger partial charge in [-0.15, -0.1) is 0 Å². The number of hydrogen-bond acceptors (Lipinski definition) is 4. The minimum atomic E-state index is -0.580. The molecule has 0 aromatic carbocycles. The molecule has 0 heterocycles. The van der Waals surface area contributed by atoms with Gasteiger partial charge in [0, 0.05) is 5.41 Å². The predicted molar refractivity (Wildman–Crippen MR) is 138 cm³/mol. The average Bonchev–Trinajstić information content (AvgIpc) is 2.77. The molecule has 5 aliphatic carbocycles. The summed E-state index contributed by atoms with van der Waals surface area (Å²) in [5, 5.41) is 23.0. The SMILES string of the molecule is CC1(C)CC[C@]2(C(=O)C=O)CC[C@]3(C)C(C2C1)[C@H](O)C[C@@H]1[C@@]2(C)CC[C@H](O)C(C)(C)[C@@H]2CC[C@]13C. The third kappa shape index (κ3) is 3.17. The Morgan fingerprint density at radius 1 is 0.800 bits per heavy atom. The van der Waals surface area contributed by atoms with E-state index in [4.69, 9.17) is 0 Å². The molecule has 0 aromatic heterocycles. The van der Waals surface area contributed by atoms with Crippen molar-refractivity contribution in [3.8, 4) is 0 Å². The molecule has 0 saturated heterocycles. The highest BCUT2D eigenvalue weighted by molar-refractivity contribution is 6.27. The Morgan fingerprint density at radius 3 is 2.11 bits per heavy atom. The summed E-state index contributed by atoms with van der Waals surface area (Å²) in [5.74, 6) is 0.784. The number of aliphatic hydroxyl groups excluding tert-OH is 2. The molecular weight excluding hydrogens is 436 g/mol. The van der Waals surface area contributed by atoms with Crippen LogP contribution in [0.2, 0.25) is 0 Å². The van der Waals surface area contributed by atoms with Gasteiger partial charge in [-0.25, -0.2) is 0 Å². The molecule has 4 nitrogen and oxygen atoms in total. The van der Waals surface area contributed by atoms with Crippen LogP contribution in [0.5, 0.6) is 0 Å². The largest absolute Gasteiger partial charge is 0.393 e. The molecule has 198 valence electrons. The highest BCUT2D eigenvalue weighted by atomic mass is 16.3. The smallest absolute Gasteiger partial charge is 0.201 e. The van der Waals surface area contributed by atoms with E-state index in [1.54, 1.807) is 0 Å². The number of aldehydes is 1. The molecular formula is C31H50O4. The van der Waals surface area contributed by atoms with E-state index in [1.165, 1.54) is 0 Å². The van der Waals surface area contributed by atoms with E-state index in [9.17, 15) is 19.8 Å². The summed E-state index contributed by atoms with van der Waals surface area (Å²) >= 11 is 0. The van der Waals surface area contributed by atoms with E-state index in [1.807, 2.05) is 0 Å². The summed E-state index contributed by atoms with van der Waals surface area (Å²) < 4.78 is 0. The van der Waals surface area contributed by atoms with Gasteiger partial charge in [-0.05, 0) is 115 Å².